The van der Waals surface area contributed by atoms with Crippen molar-refractivity contribution in [2.45, 2.75) is 46.0 Å². The molecule has 0 aliphatic carbocycles. The van der Waals surface area contributed by atoms with E-state index in [-0.39, 0.29) is 16.9 Å². The largest absolute Gasteiger partial charge is 0.508 e. The minimum absolute atomic E-state index is 0.129. The molecule has 0 saturated carbocycles. The number of hydrogen-bond acceptors (Lipinski definition) is 4. The summed E-state index contributed by atoms with van der Waals surface area (Å²) in [6, 6.07) is 10.1. The lowest BCUT2D eigenvalue weighted by molar-refractivity contribution is 0.104. The normalized spacial score (nSPS) is 11.5. The molecule has 0 aliphatic heterocycles. The SMILES string of the molecule is C=CC(C)(C)c1cc(C=CC(=O)c2ccc(O)cc2)c(OCCC)cc1OCCC. The van der Waals surface area contributed by atoms with Crippen LogP contribution in [0.15, 0.2) is 55.1 Å². The molecular formula is C26H32O4. The van der Waals surface area contributed by atoms with Crippen molar-refractivity contribution < 1.29 is 19.4 Å². The fourth-order valence-electron chi connectivity index (χ4n) is 2.88. The summed E-state index contributed by atoms with van der Waals surface area (Å²) < 4.78 is 12.0. The Morgan fingerprint density at radius 2 is 1.63 bits per heavy atom. The van der Waals surface area contributed by atoms with Crippen molar-refractivity contribution in [2.75, 3.05) is 13.2 Å². The second-order valence-electron chi connectivity index (χ2n) is 7.75. The van der Waals surface area contributed by atoms with E-state index in [1.807, 2.05) is 25.1 Å². The monoisotopic (exact) mass is 408 g/mol. The standard InChI is InChI=1S/C26H32O4/c1-6-15-29-24-18-25(30-16-7-2)22(26(4,5)8-3)17-20(24)11-14-23(28)19-9-12-21(27)13-10-19/h8-14,17-18,27H,3,6-7,15-16H2,1-2,4-5H3. The smallest absolute Gasteiger partial charge is 0.185 e. The van der Waals surface area contributed by atoms with E-state index in [4.69, 9.17) is 9.47 Å². The molecule has 1 N–H and O–H groups in total. The Morgan fingerprint density at radius 1 is 1.03 bits per heavy atom. The van der Waals surface area contributed by atoms with Crippen LogP contribution in [0.2, 0.25) is 0 Å². The second-order valence-corrected chi connectivity index (χ2v) is 7.75. The van der Waals surface area contributed by atoms with Crippen LogP contribution >= 0.6 is 0 Å². The predicted molar refractivity (Wildman–Crippen MR) is 123 cm³/mol. The molecule has 2 aromatic rings. The highest BCUT2D eigenvalue weighted by Gasteiger charge is 2.23. The number of benzene rings is 2. The maximum Gasteiger partial charge on any atom is 0.185 e. The van der Waals surface area contributed by atoms with Gasteiger partial charge in [-0.05, 0) is 55.3 Å². The van der Waals surface area contributed by atoms with Crippen LogP contribution in [-0.4, -0.2) is 24.1 Å². The molecule has 160 valence electrons. The van der Waals surface area contributed by atoms with Gasteiger partial charge in [-0.3, -0.25) is 4.79 Å². The lowest BCUT2D eigenvalue weighted by Crippen LogP contribution is -2.16. The number of rotatable bonds is 11. The van der Waals surface area contributed by atoms with Crippen LogP contribution in [0.5, 0.6) is 17.2 Å². The highest BCUT2D eigenvalue weighted by molar-refractivity contribution is 6.07. The third-order valence-corrected chi connectivity index (χ3v) is 4.81. The van der Waals surface area contributed by atoms with E-state index < -0.39 is 0 Å². The number of allylic oxidation sites excluding steroid dienone is 2. The Hall–Kier alpha value is -3.01. The summed E-state index contributed by atoms with van der Waals surface area (Å²) in [5.74, 6) is 1.44. The van der Waals surface area contributed by atoms with E-state index in [2.05, 4.69) is 27.4 Å². The van der Waals surface area contributed by atoms with Crippen molar-refractivity contribution in [3.05, 3.63) is 71.8 Å². The number of phenolic OH excluding ortho intramolecular Hbond substituents is 1. The predicted octanol–water partition coefficient (Wildman–Crippen LogP) is 6.33. The third kappa shape index (κ3) is 5.99. The quantitative estimate of drug-likeness (QED) is 0.268. The van der Waals surface area contributed by atoms with Gasteiger partial charge < -0.3 is 14.6 Å². The summed E-state index contributed by atoms with van der Waals surface area (Å²) in [7, 11) is 0. The lowest BCUT2D eigenvalue weighted by Gasteiger charge is -2.25. The van der Waals surface area contributed by atoms with Crippen LogP contribution in [-0.2, 0) is 5.41 Å². The van der Waals surface area contributed by atoms with Crippen molar-refractivity contribution in [2.24, 2.45) is 0 Å². The van der Waals surface area contributed by atoms with Crippen LogP contribution in [0.1, 0.15) is 62.0 Å². The molecule has 0 unspecified atom stereocenters. The van der Waals surface area contributed by atoms with Crippen LogP contribution in [0.3, 0.4) is 0 Å². The molecule has 0 atom stereocenters. The van der Waals surface area contributed by atoms with Crippen LogP contribution < -0.4 is 9.47 Å². The van der Waals surface area contributed by atoms with Gasteiger partial charge in [0, 0.05) is 28.2 Å². The number of phenols is 1. The van der Waals surface area contributed by atoms with Gasteiger partial charge in [-0.25, -0.2) is 0 Å². The first kappa shape index (κ1) is 23.3. The molecule has 0 bridgehead atoms. The molecule has 0 amide bonds. The molecule has 0 radical (unpaired) electrons. The van der Waals surface area contributed by atoms with E-state index >= 15 is 0 Å². The zero-order chi connectivity index (χ0) is 22.1. The number of carbonyl (C=O) groups excluding carboxylic acids is 1. The molecule has 30 heavy (non-hydrogen) atoms. The summed E-state index contributed by atoms with van der Waals surface area (Å²) in [5.41, 5.74) is 2.00. The van der Waals surface area contributed by atoms with E-state index in [9.17, 15) is 9.90 Å². The van der Waals surface area contributed by atoms with Gasteiger partial charge in [-0.15, -0.1) is 6.58 Å². The average Bonchev–Trinajstić information content (AvgIpc) is 2.75. The molecule has 0 aliphatic rings. The zero-order valence-electron chi connectivity index (χ0n) is 18.4. The minimum atomic E-state index is -0.310. The van der Waals surface area contributed by atoms with Gasteiger partial charge in [-0.2, -0.15) is 0 Å². The maximum absolute atomic E-state index is 12.6. The number of carbonyl (C=O) groups is 1. The van der Waals surface area contributed by atoms with Crippen molar-refractivity contribution in [3.8, 4) is 17.2 Å². The van der Waals surface area contributed by atoms with Gasteiger partial charge in [0.15, 0.2) is 5.78 Å². The van der Waals surface area contributed by atoms with E-state index in [1.54, 1.807) is 18.2 Å². The highest BCUT2D eigenvalue weighted by Crippen LogP contribution is 2.38. The molecule has 4 heteroatoms. The van der Waals surface area contributed by atoms with Crippen molar-refractivity contribution in [3.63, 3.8) is 0 Å². The summed E-state index contributed by atoms with van der Waals surface area (Å²) in [6.07, 6.45) is 6.97. The Morgan fingerprint density at radius 3 is 2.20 bits per heavy atom. The molecule has 4 nitrogen and oxygen atoms in total. The first-order valence-electron chi connectivity index (χ1n) is 10.4. The number of ketones is 1. The Bertz CT molecular complexity index is 892. The topological polar surface area (TPSA) is 55.8 Å². The van der Waals surface area contributed by atoms with Gasteiger partial charge in [0.2, 0.25) is 0 Å². The molecule has 2 aromatic carbocycles. The Labute approximate surface area is 179 Å². The number of aromatic hydroxyl groups is 1. The van der Waals surface area contributed by atoms with E-state index in [0.29, 0.717) is 24.5 Å². The molecule has 0 spiro atoms. The van der Waals surface area contributed by atoms with Crippen LogP contribution in [0.4, 0.5) is 0 Å². The Kier molecular flexibility index (Phi) is 8.28. The molecule has 0 aromatic heterocycles. The molecule has 0 heterocycles. The first-order chi connectivity index (χ1) is 14.3. The summed E-state index contributed by atoms with van der Waals surface area (Å²) >= 11 is 0. The second kappa shape index (κ2) is 10.7. The summed E-state index contributed by atoms with van der Waals surface area (Å²) in [6.45, 7) is 13.4. The highest BCUT2D eigenvalue weighted by atomic mass is 16.5. The van der Waals surface area contributed by atoms with Crippen LogP contribution in [0.25, 0.3) is 6.08 Å². The van der Waals surface area contributed by atoms with Crippen LogP contribution in [0, 0.1) is 0 Å². The van der Waals surface area contributed by atoms with Crippen molar-refractivity contribution >= 4 is 11.9 Å². The zero-order valence-corrected chi connectivity index (χ0v) is 18.4. The summed E-state index contributed by atoms with van der Waals surface area (Å²) in [5, 5.41) is 9.42. The van der Waals surface area contributed by atoms with Gasteiger partial charge >= 0.3 is 0 Å². The maximum atomic E-state index is 12.6. The van der Waals surface area contributed by atoms with Gasteiger partial charge in [-0.1, -0.05) is 33.8 Å². The fraction of sp³-hybridized carbons (Fsp3) is 0.346. The molecule has 0 saturated heterocycles. The van der Waals surface area contributed by atoms with Gasteiger partial charge in [0.1, 0.15) is 17.2 Å². The van der Waals surface area contributed by atoms with E-state index in [1.165, 1.54) is 18.2 Å². The number of hydrogen-bond donors (Lipinski definition) is 1. The molecule has 0 fully saturated rings. The Balaban J connectivity index is 2.48. The minimum Gasteiger partial charge on any atom is -0.508 e. The summed E-state index contributed by atoms with van der Waals surface area (Å²) in [4.78, 5) is 12.6. The van der Waals surface area contributed by atoms with Gasteiger partial charge in [0.25, 0.3) is 0 Å². The first-order valence-corrected chi connectivity index (χ1v) is 10.4. The fourth-order valence-corrected chi connectivity index (χ4v) is 2.88. The van der Waals surface area contributed by atoms with Crippen molar-refractivity contribution in [1.29, 1.82) is 0 Å². The number of ether oxygens (including phenoxy) is 2. The van der Waals surface area contributed by atoms with Crippen molar-refractivity contribution in [1.82, 2.24) is 0 Å². The molecular weight excluding hydrogens is 376 g/mol. The average molecular weight is 409 g/mol. The van der Waals surface area contributed by atoms with E-state index in [0.717, 1.165) is 29.7 Å². The third-order valence-electron chi connectivity index (χ3n) is 4.81. The molecule has 2 rings (SSSR count). The lowest BCUT2D eigenvalue weighted by atomic mass is 9.83. The van der Waals surface area contributed by atoms with Gasteiger partial charge in [0.05, 0.1) is 13.2 Å².